The van der Waals surface area contributed by atoms with E-state index in [9.17, 15) is 9.90 Å². The SMILES string of the molecule is CCC(O)(C(=O)NCCCCc1nc(C)cs1)c1cccc(Cl)c1. The smallest absolute Gasteiger partial charge is 0.256 e. The molecule has 2 N–H and O–H groups in total. The van der Waals surface area contributed by atoms with Crippen molar-refractivity contribution in [3.8, 4) is 0 Å². The highest BCUT2D eigenvalue weighted by Crippen LogP contribution is 2.27. The van der Waals surface area contributed by atoms with E-state index in [-0.39, 0.29) is 12.3 Å². The van der Waals surface area contributed by atoms with Gasteiger partial charge in [-0.1, -0.05) is 30.7 Å². The van der Waals surface area contributed by atoms with Crippen LogP contribution in [0.5, 0.6) is 0 Å². The number of aryl methyl sites for hydroxylation is 2. The first-order chi connectivity index (χ1) is 11.5. The highest BCUT2D eigenvalue weighted by molar-refractivity contribution is 7.09. The summed E-state index contributed by atoms with van der Waals surface area (Å²) < 4.78 is 0. The Hall–Kier alpha value is -1.43. The van der Waals surface area contributed by atoms with E-state index in [2.05, 4.69) is 10.3 Å². The van der Waals surface area contributed by atoms with Gasteiger partial charge in [-0.15, -0.1) is 11.3 Å². The average molecular weight is 367 g/mol. The topological polar surface area (TPSA) is 62.2 Å². The normalized spacial score (nSPS) is 13.5. The molecule has 130 valence electrons. The number of thiazole rings is 1. The summed E-state index contributed by atoms with van der Waals surface area (Å²) in [7, 11) is 0. The molecular formula is C18H23ClN2O2S. The van der Waals surface area contributed by atoms with Crippen molar-refractivity contribution in [2.75, 3.05) is 6.54 Å². The molecule has 0 aliphatic rings. The van der Waals surface area contributed by atoms with Gasteiger partial charge in [0.1, 0.15) is 0 Å². The molecule has 1 unspecified atom stereocenters. The minimum Gasteiger partial charge on any atom is -0.375 e. The van der Waals surface area contributed by atoms with E-state index in [4.69, 9.17) is 11.6 Å². The Morgan fingerprint density at radius 1 is 1.42 bits per heavy atom. The molecule has 24 heavy (non-hydrogen) atoms. The lowest BCUT2D eigenvalue weighted by atomic mass is 9.90. The van der Waals surface area contributed by atoms with E-state index in [1.165, 1.54) is 0 Å². The minimum atomic E-state index is -1.54. The number of amides is 1. The molecule has 1 aromatic heterocycles. The molecule has 0 saturated carbocycles. The number of carbonyl (C=O) groups is 1. The van der Waals surface area contributed by atoms with Gasteiger partial charge in [0.2, 0.25) is 0 Å². The van der Waals surface area contributed by atoms with Crippen molar-refractivity contribution in [2.45, 2.75) is 45.1 Å². The predicted molar refractivity (Wildman–Crippen MR) is 98.4 cm³/mol. The summed E-state index contributed by atoms with van der Waals surface area (Å²) in [5.41, 5.74) is 0.0308. The first kappa shape index (κ1) is 18.9. The number of nitrogens with zero attached hydrogens (tertiary/aromatic N) is 1. The molecular weight excluding hydrogens is 344 g/mol. The number of unbranched alkanes of at least 4 members (excludes halogenated alkanes) is 1. The summed E-state index contributed by atoms with van der Waals surface area (Å²) in [4.78, 5) is 16.9. The van der Waals surface area contributed by atoms with Crippen LogP contribution >= 0.6 is 22.9 Å². The zero-order valence-corrected chi connectivity index (χ0v) is 15.6. The molecule has 2 rings (SSSR count). The van der Waals surface area contributed by atoms with E-state index in [0.29, 0.717) is 17.1 Å². The van der Waals surface area contributed by atoms with Crippen LogP contribution in [0, 0.1) is 6.92 Å². The summed E-state index contributed by atoms with van der Waals surface area (Å²) in [6.45, 7) is 4.30. The third-order valence-corrected chi connectivity index (χ3v) is 5.22. The van der Waals surface area contributed by atoms with Gasteiger partial charge < -0.3 is 10.4 Å². The number of rotatable bonds is 8. The van der Waals surface area contributed by atoms with Crippen LogP contribution in [0.1, 0.15) is 42.5 Å². The van der Waals surface area contributed by atoms with Gasteiger partial charge in [0, 0.05) is 22.6 Å². The zero-order valence-electron chi connectivity index (χ0n) is 14.0. The molecule has 1 atom stereocenters. The van der Waals surface area contributed by atoms with Gasteiger partial charge >= 0.3 is 0 Å². The van der Waals surface area contributed by atoms with Crippen molar-refractivity contribution < 1.29 is 9.90 Å². The summed E-state index contributed by atoms with van der Waals surface area (Å²) >= 11 is 7.64. The largest absolute Gasteiger partial charge is 0.375 e. The van der Waals surface area contributed by atoms with Crippen molar-refractivity contribution in [2.24, 2.45) is 0 Å². The third-order valence-electron chi connectivity index (χ3n) is 3.96. The molecule has 0 radical (unpaired) electrons. The zero-order chi connectivity index (χ0) is 17.6. The predicted octanol–water partition coefficient (Wildman–Crippen LogP) is 3.84. The van der Waals surface area contributed by atoms with Crippen LogP contribution in [0.3, 0.4) is 0 Å². The van der Waals surface area contributed by atoms with E-state index in [1.54, 1.807) is 42.5 Å². The molecule has 2 aromatic rings. The lowest BCUT2D eigenvalue weighted by Crippen LogP contribution is -2.44. The standard InChI is InChI=1S/C18H23ClN2O2S/c1-3-18(23,14-7-6-8-15(19)11-14)17(22)20-10-5-4-9-16-21-13(2)12-24-16/h6-8,11-12,23H,3-5,9-10H2,1-2H3,(H,20,22). The fourth-order valence-electron chi connectivity index (χ4n) is 2.51. The number of hydrogen-bond acceptors (Lipinski definition) is 4. The molecule has 0 bridgehead atoms. The molecule has 0 saturated heterocycles. The maximum atomic E-state index is 12.4. The van der Waals surface area contributed by atoms with Gasteiger partial charge in [0.05, 0.1) is 5.01 Å². The highest BCUT2D eigenvalue weighted by Gasteiger charge is 2.35. The number of nitrogens with one attached hydrogen (secondary N) is 1. The van der Waals surface area contributed by atoms with Crippen LogP contribution in [-0.4, -0.2) is 22.5 Å². The highest BCUT2D eigenvalue weighted by atomic mass is 35.5. The Balaban J connectivity index is 1.83. The van der Waals surface area contributed by atoms with Gasteiger partial charge in [-0.2, -0.15) is 0 Å². The molecule has 1 heterocycles. The number of aromatic nitrogens is 1. The Labute approximate surface area is 151 Å². The van der Waals surface area contributed by atoms with E-state index in [0.717, 1.165) is 30.0 Å². The first-order valence-electron chi connectivity index (χ1n) is 8.13. The number of halogens is 1. The van der Waals surface area contributed by atoms with E-state index in [1.807, 2.05) is 12.3 Å². The Morgan fingerprint density at radius 2 is 2.21 bits per heavy atom. The second-order valence-electron chi connectivity index (χ2n) is 5.82. The molecule has 1 aromatic carbocycles. The molecule has 0 aliphatic carbocycles. The van der Waals surface area contributed by atoms with Crippen LogP contribution in [0.4, 0.5) is 0 Å². The number of aliphatic hydroxyl groups is 1. The van der Waals surface area contributed by atoms with E-state index >= 15 is 0 Å². The third kappa shape index (κ3) is 4.79. The van der Waals surface area contributed by atoms with Crippen molar-refractivity contribution in [3.05, 3.63) is 50.9 Å². The van der Waals surface area contributed by atoms with Gasteiger partial charge in [0.25, 0.3) is 5.91 Å². The van der Waals surface area contributed by atoms with Crippen molar-refractivity contribution >= 4 is 28.8 Å². The van der Waals surface area contributed by atoms with Crippen LogP contribution in [0.15, 0.2) is 29.6 Å². The second kappa shape index (κ2) is 8.60. The van der Waals surface area contributed by atoms with E-state index < -0.39 is 5.60 Å². The molecule has 0 fully saturated rings. The van der Waals surface area contributed by atoms with Crippen LogP contribution in [0.25, 0.3) is 0 Å². The van der Waals surface area contributed by atoms with Crippen LogP contribution < -0.4 is 5.32 Å². The minimum absolute atomic E-state index is 0.289. The lowest BCUT2D eigenvalue weighted by Gasteiger charge is -2.26. The first-order valence-corrected chi connectivity index (χ1v) is 9.39. The molecule has 6 heteroatoms. The van der Waals surface area contributed by atoms with Gasteiger partial charge in [-0.3, -0.25) is 4.79 Å². The quantitative estimate of drug-likeness (QED) is 0.698. The number of hydrogen-bond donors (Lipinski definition) is 2. The van der Waals surface area contributed by atoms with Gasteiger partial charge in [-0.05, 0) is 50.3 Å². The maximum Gasteiger partial charge on any atom is 0.256 e. The van der Waals surface area contributed by atoms with Crippen LogP contribution in [0.2, 0.25) is 5.02 Å². The summed E-state index contributed by atoms with van der Waals surface area (Å²) in [6.07, 6.45) is 3.01. The molecule has 0 spiro atoms. The second-order valence-corrected chi connectivity index (χ2v) is 7.20. The van der Waals surface area contributed by atoms with Crippen molar-refractivity contribution in [1.82, 2.24) is 10.3 Å². The number of carbonyl (C=O) groups excluding carboxylic acids is 1. The Bertz CT molecular complexity index is 689. The Morgan fingerprint density at radius 3 is 2.83 bits per heavy atom. The summed E-state index contributed by atoms with van der Waals surface area (Å²) in [5, 5.41) is 17.3. The van der Waals surface area contributed by atoms with Gasteiger partial charge in [0.15, 0.2) is 5.60 Å². The molecule has 1 amide bonds. The van der Waals surface area contributed by atoms with Crippen molar-refractivity contribution in [1.29, 1.82) is 0 Å². The lowest BCUT2D eigenvalue weighted by molar-refractivity contribution is -0.141. The van der Waals surface area contributed by atoms with Crippen molar-refractivity contribution in [3.63, 3.8) is 0 Å². The maximum absolute atomic E-state index is 12.4. The Kier molecular flexibility index (Phi) is 6.78. The molecule has 4 nitrogen and oxygen atoms in total. The van der Waals surface area contributed by atoms with Gasteiger partial charge in [-0.25, -0.2) is 4.98 Å². The molecule has 0 aliphatic heterocycles. The fourth-order valence-corrected chi connectivity index (χ4v) is 3.52. The monoisotopic (exact) mass is 366 g/mol. The average Bonchev–Trinajstić information content (AvgIpc) is 2.99. The number of benzene rings is 1. The summed E-state index contributed by atoms with van der Waals surface area (Å²) in [5.74, 6) is -0.377. The summed E-state index contributed by atoms with van der Waals surface area (Å²) in [6, 6.07) is 6.82. The van der Waals surface area contributed by atoms with Crippen LogP contribution in [-0.2, 0) is 16.8 Å². The fraction of sp³-hybridized carbons (Fsp3) is 0.444.